The van der Waals surface area contributed by atoms with Crippen LogP contribution in [0.1, 0.15) is 10.4 Å². The summed E-state index contributed by atoms with van der Waals surface area (Å²) in [7, 11) is 0. The van der Waals surface area contributed by atoms with E-state index in [0.717, 1.165) is 0 Å². The molecule has 0 unspecified atom stereocenters. The number of furan rings is 1. The van der Waals surface area contributed by atoms with Crippen molar-refractivity contribution in [3.05, 3.63) is 23.1 Å². The molecule has 15 heavy (non-hydrogen) atoms. The number of aliphatic hydroxyl groups is 1. The predicted molar refractivity (Wildman–Crippen MR) is 49.7 cm³/mol. The molecule has 0 radical (unpaired) electrons. The molecule has 1 atom stereocenters. The summed E-state index contributed by atoms with van der Waals surface area (Å²) >= 11 is 5.50. The summed E-state index contributed by atoms with van der Waals surface area (Å²) in [6.07, 6.45) is 1.20. The van der Waals surface area contributed by atoms with Crippen molar-refractivity contribution in [2.75, 3.05) is 6.61 Å². The summed E-state index contributed by atoms with van der Waals surface area (Å²) in [5, 5.41) is 19.2. The molecule has 0 aliphatic carbocycles. The lowest BCUT2D eigenvalue weighted by molar-refractivity contribution is -0.140. The Balaban J connectivity index is 2.71. The number of halogens is 1. The number of amides is 1. The number of hydrogen-bond acceptors (Lipinski definition) is 4. The van der Waals surface area contributed by atoms with E-state index < -0.39 is 24.5 Å². The van der Waals surface area contributed by atoms with Crippen LogP contribution in [-0.4, -0.2) is 34.7 Å². The minimum Gasteiger partial charge on any atom is -0.480 e. The highest BCUT2D eigenvalue weighted by Crippen LogP contribution is 2.16. The summed E-state index contributed by atoms with van der Waals surface area (Å²) < 4.78 is 4.66. The maximum absolute atomic E-state index is 11.4. The SMILES string of the molecule is O=C(N[C@H](CO)C(=O)O)c1ccoc1Cl. The second-order valence-corrected chi connectivity index (χ2v) is 3.00. The van der Waals surface area contributed by atoms with E-state index in [1.165, 1.54) is 12.3 Å². The van der Waals surface area contributed by atoms with Crippen LogP contribution < -0.4 is 5.32 Å². The molecule has 0 saturated heterocycles. The highest BCUT2D eigenvalue weighted by Gasteiger charge is 2.21. The fourth-order valence-corrected chi connectivity index (χ4v) is 1.08. The summed E-state index contributed by atoms with van der Waals surface area (Å²) in [4.78, 5) is 21.9. The quantitative estimate of drug-likeness (QED) is 0.685. The summed E-state index contributed by atoms with van der Waals surface area (Å²) in [5.74, 6) is -2.04. The van der Waals surface area contributed by atoms with Gasteiger partial charge in [-0.1, -0.05) is 0 Å². The van der Waals surface area contributed by atoms with Crippen LogP contribution in [0, 0.1) is 0 Å². The first-order chi connectivity index (χ1) is 7.06. The highest BCUT2D eigenvalue weighted by atomic mass is 35.5. The number of nitrogens with one attached hydrogen (secondary N) is 1. The van der Waals surface area contributed by atoms with Gasteiger partial charge in [-0.15, -0.1) is 0 Å². The number of aliphatic hydroxyl groups excluding tert-OH is 1. The largest absolute Gasteiger partial charge is 0.480 e. The average Bonchev–Trinajstić information content (AvgIpc) is 2.60. The van der Waals surface area contributed by atoms with E-state index in [1.807, 2.05) is 0 Å². The first kappa shape index (κ1) is 11.5. The monoisotopic (exact) mass is 233 g/mol. The zero-order chi connectivity index (χ0) is 11.4. The van der Waals surface area contributed by atoms with Gasteiger partial charge in [0.1, 0.15) is 0 Å². The number of carbonyl (C=O) groups is 2. The minimum atomic E-state index is -1.36. The molecule has 0 bridgehead atoms. The topological polar surface area (TPSA) is 99.8 Å². The molecule has 1 aromatic rings. The molecule has 0 aliphatic rings. The van der Waals surface area contributed by atoms with Crippen LogP contribution in [0.4, 0.5) is 0 Å². The first-order valence-electron chi connectivity index (χ1n) is 3.93. The van der Waals surface area contributed by atoms with Crippen molar-refractivity contribution >= 4 is 23.5 Å². The van der Waals surface area contributed by atoms with Crippen molar-refractivity contribution in [3.63, 3.8) is 0 Å². The fourth-order valence-electron chi connectivity index (χ4n) is 0.877. The number of aliphatic carboxylic acids is 1. The third-order valence-electron chi connectivity index (χ3n) is 1.65. The number of rotatable bonds is 4. The Bertz CT molecular complexity index is 375. The summed E-state index contributed by atoms with van der Waals surface area (Å²) in [5.41, 5.74) is 0.0244. The zero-order valence-corrected chi connectivity index (χ0v) is 8.19. The number of carboxylic acids is 1. The van der Waals surface area contributed by atoms with Gasteiger partial charge in [-0.05, 0) is 17.7 Å². The van der Waals surface area contributed by atoms with Crippen LogP contribution >= 0.6 is 11.6 Å². The number of hydrogen-bond donors (Lipinski definition) is 3. The van der Waals surface area contributed by atoms with Gasteiger partial charge in [0.05, 0.1) is 18.4 Å². The van der Waals surface area contributed by atoms with E-state index in [9.17, 15) is 9.59 Å². The molecule has 0 aliphatic heterocycles. The van der Waals surface area contributed by atoms with Crippen LogP contribution in [0.2, 0.25) is 5.22 Å². The van der Waals surface area contributed by atoms with Gasteiger partial charge < -0.3 is 19.9 Å². The van der Waals surface area contributed by atoms with E-state index >= 15 is 0 Å². The molecular formula is C8H8ClNO5. The van der Waals surface area contributed by atoms with Crippen molar-refractivity contribution in [1.82, 2.24) is 5.32 Å². The van der Waals surface area contributed by atoms with Crippen molar-refractivity contribution in [1.29, 1.82) is 0 Å². The maximum atomic E-state index is 11.4. The molecule has 0 fully saturated rings. The molecule has 1 heterocycles. The molecule has 3 N–H and O–H groups in total. The average molecular weight is 234 g/mol. The molecule has 6 nitrogen and oxygen atoms in total. The van der Waals surface area contributed by atoms with Gasteiger partial charge in [0.25, 0.3) is 5.91 Å². The van der Waals surface area contributed by atoms with Crippen molar-refractivity contribution < 1.29 is 24.2 Å². The third-order valence-corrected chi connectivity index (χ3v) is 1.94. The molecule has 0 aromatic carbocycles. The van der Waals surface area contributed by atoms with Gasteiger partial charge in [0.15, 0.2) is 6.04 Å². The van der Waals surface area contributed by atoms with Crippen molar-refractivity contribution in [2.45, 2.75) is 6.04 Å². The Morgan fingerprint density at radius 2 is 2.27 bits per heavy atom. The van der Waals surface area contributed by atoms with E-state index in [4.69, 9.17) is 21.8 Å². The second-order valence-electron chi connectivity index (χ2n) is 2.65. The lowest BCUT2D eigenvalue weighted by atomic mass is 10.2. The lowest BCUT2D eigenvalue weighted by Crippen LogP contribution is -2.43. The van der Waals surface area contributed by atoms with E-state index in [0.29, 0.717) is 0 Å². The predicted octanol–water partition coefficient (Wildman–Crippen LogP) is 0.108. The van der Waals surface area contributed by atoms with Gasteiger partial charge >= 0.3 is 5.97 Å². The normalized spacial score (nSPS) is 12.1. The van der Waals surface area contributed by atoms with Crippen LogP contribution in [0.15, 0.2) is 16.7 Å². The van der Waals surface area contributed by atoms with E-state index in [1.54, 1.807) is 0 Å². The van der Waals surface area contributed by atoms with Crippen LogP contribution in [-0.2, 0) is 4.79 Å². The minimum absolute atomic E-state index is 0.0244. The number of carbonyl (C=O) groups excluding carboxylic acids is 1. The smallest absolute Gasteiger partial charge is 0.328 e. The third kappa shape index (κ3) is 2.71. The number of carboxylic acid groups (broad SMARTS) is 1. The molecule has 82 valence electrons. The van der Waals surface area contributed by atoms with Crippen LogP contribution in [0.25, 0.3) is 0 Å². The van der Waals surface area contributed by atoms with Crippen LogP contribution in [0.3, 0.4) is 0 Å². The van der Waals surface area contributed by atoms with Gasteiger partial charge in [-0.3, -0.25) is 4.79 Å². The second kappa shape index (κ2) is 4.81. The Morgan fingerprint density at radius 3 is 2.67 bits per heavy atom. The molecule has 1 amide bonds. The van der Waals surface area contributed by atoms with Crippen molar-refractivity contribution in [2.24, 2.45) is 0 Å². The molecule has 0 saturated carbocycles. The highest BCUT2D eigenvalue weighted by molar-refractivity contribution is 6.32. The van der Waals surface area contributed by atoms with E-state index in [2.05, 4.69) is 9.73 Å². The zero-order valence-electron chi connectivity index (χ0n) is 7.44. The fraction of sp³-hybridized carbons (Fsp3) is 0.250. The molecule has 7 heteroatoms. The Morgan fingerprint density at radius 1 is 1.60 bits per heavy atom. The lowest BCUT2D eigenvalue weighted by Gasteiger charge is -2.10. The molecule has 1 rings (SSSR count). The first-order valence-corrected chi connectivity index (χ1v) is 4.31. The van der Waals surface area contributed by atoms with Crippen molar-refractivity contribution in [3.8, 4) is 0 Å². The summed E-state index contributed by atoms with van der Waals surface area (Å²) in [6.45, 7) is -0.698. The molecular weight excluding hydrogens is 226 g/mol. The van der Waals surface area contributed by atoms with Gasteiger partial charge in [0.2, 0.25) is 5.22 Å². The molecule has 1 aromatic heterocycles. The molecule has 0 spiro atoms. The summed E-state index contributed by atoms with van der Waals surface area (Å²) in [6, 6.07) is -0.0583. The Kier molecular flexibility index (Phi) is 3.70. The van der Waals surface area contributed by atoms with Gasteiger partial charge in [-0.25, -0.2) is 4.79 Å². The van der Waals surface area contributed by atoms with Gasteiger partial charge in [0, 0.05) is 0 Å². The van der Waals surface area contributed by atoms with Gasteiger partial charge in [-0.2, -0.15) is 0 Å². The Hall–Kier alpha value is -1.53. The van der Waals surface area contributed by atoms with Crippen LogP contribution in [0.5, 0.6) is 0 Å². The maximum Gasteiger partial charge on any atom is 0.328 e. The van der Waals surface area contributed by atoms with E-state index in [-0.39, 0.29) is 10.8 Å². The Labute approximate surface area is 89.5 Å². The standard InChI is InChI=1S/C8H8ClNO5/c9-6-4(1-2-15-6)7(12)10-5(3-11)8(13)14/h1-2,5,11H,3H2,(H,10,12)(H,13,14)/t5-/m1/s1.